The van der Waals surface area contributed by atoms with Crippen molar-refractivity contribution in [3.8, 4) is 0 Å². The number of methoxy groups -OCH3 is 1. The molecule has 0 bridgehead atoms. The molecule has 2 amide bonds. The van der Waals surface area contributed by atoms with E-state index in [4.69, 9.17) is 4.74 Å². The van der Waals surface area contributed by atoms with Gasteiger partial charge in [0.15, 0.2) is 6.61 Å². The van der Waals surface area contributed by atoms with Crippen LogP contribution in [0.5, 0.6) is 0 Å². The Morgan fingerprint density at radius 2 is 1.76 bits per heavy atom. The fourth-order valence-electron chi connectivity index (χ4n) is 3.03. The first-order chi connectivity index (χ1) is 14.0. The lowest BCUT2D eigenvalue weighted by molar-refractivity contribution is -0.119. The molecule has 0 unspecified atom stereocenters. The normalized spacial score (nSPS) is 13.1. The molecule has 0 aromatic heterocycles. The molecule has 2 aromatic carbocycles. The molecular formula is C21H20N2O6. The monoisotopic (exact) mass is 396 g/mol. The molecule has 1 aliphatic heterocycles. The van der Waals surface area contributed by atoms with Crippen LogP contribution in [0.4, 0.5) is 11.4 Å². The van der Waals surface area contributed by atoms with E-state index in [1.54, 1.807) is 41.3 Å². The van der Waals surface area contributed by atoms with Gasteiger partial charge in [-0.1, -0.05) is 18.2 Å². The fourth-order valence-corrected chi connectivity index (χ4v) is 3.03. The zero-order valence-electron chi connectivity index (χ0n) is 15.8. The first-order valence-corrected chi connectivity index (χ1v) is 9.04. The number of anilines is 2. The highest BCUT2D eigenvalue weighted by Crippen LogP contribution is 2.24. The van der Waals surface area contributed by atoms with Gasteiger partial charge in [0.1, 0.15) is 0 Å². The summed E-state index contributed by atoms with van der Waals surface area (Å²) in [5.74, 6) is -1.97. The lowest BCUT2D eigenvalue weighted by atomic mass is 10.1. The second-order valence-electron chi connectivity index (χ2n) is 6.36. The number of amides is 2. The molecule has 150 valence electrons. The number of nitrogens with one attached hydrogen (secondary N) is 1. The molecular weight excluding hydrogens is 376 g/mol. The highest BCUT2D eigenvalue weighted by Gasteiger charge is 2.22. The van der Waals surface area contributed by atoms with Gasteiger partial charge in [0.25, 0.3) is 5.91 Å². The second-order valence-corrected chi connectivity index (χ2v) is 6.36. The summed E-state index contributed by atoms with van der Waals surface area (Å²) in [6.45, 7) is 0.120. The molecule has 2 aromatic rings. The highest BCUT2D eigenvalue weighted by atomic mass is 16.5. The number of ether oxygens (including phenoxy) is 2. The number of rotatable bonds is 6. The maximum Gasteiger partial charge on any atom is 0.339 e. The van der Waals surface area contributed by atoms with Gasteiger partial charge in [-0.25, -0.2) is 9.59 Å². The molecule has 3 rings (SSSR count). The first-order valence-electron chi connectivity index (χ1n) is 9.04. The minimum absolute atomic E-state index is 0.0155. The number of hydrogen-bond donors (Lipinski definition) is 1. The van der Waals surface area contributed by atoms with Crippen LogP contribution in [0.2, 0.25) is 0 Å². The van der Waals surface area contributed by atoms with E-state index in [0.717, 1.165) is 6.42 Å². The van der Waals surface area contributed by atoms with Crippen molar-refractivity contribution in [1.29, 1.82) is 0 Å². The smallest absolute Gasteiger partial charge is 0.339 e. The van der Waals surface area contributed by atoms with E-state index in [1.807, 2.05) is 0 Å². The Morgan fingerprint density at radius 3 is 2.41 bits per heavy atom. The van der Waals surface area contributed by atoms with Crippen LogP contribution >= 0.6 is 0 Å². The molecule has 1 aliphatic rings. The molecule has 8 nitrogen and oxygen atoms in total. The first kappa shape index (κ1) is 20.1. The molecule has 8 heteroatoms. The van der Waals surface area contributed by atoms with Gasteiger partial charge in [-0.3, -0.25) is 9.59 Å². The van der Waals surface area contributed by atoms with Gasteiger partial charge in [-0.2, -0.15) is 0 Å². The Balaban J connectivity index is 1.60. The minimum atomic E-state index is -0.808. The van der Waals surface area contributed by atoms with Crippen molar-refractivity contribution in [1.82, 2.24) is 0 Å². The summed E-state index contributed by atoms with van der Waals surface area (Å²) in [5, 5.41) is 2.63. The van der Waals surface area contributed by atoms with Crippen LogP contribution in [0, 0.1) is 0 Å². The molecule has 1 saturated heterocycles. The van der Waals surface area contributed by atoms with Gasteiger partial charge in [-0.05, 0) is 36.8 Å². The predicted octanol–water partition coefficient (Wildman–Crippen LogP) is 2.40. The van der Waals surface area contributed by atoms with E-state index in [0.29, 0.717) is 24.3 Å². The average Bonchev–Trinajstić information content (AvgIpc) is 3.17. The molecule has 0 spiro atoms. The summed E-state index contributed by atoms with van der Waals surface area (Å²) in [5.41, 5.74) is 1.26. The maximum absolute atomic E-state index is 12.3. The summed E-state index contributed by atoms with van der Waals surface area (Å²) in [7, 11) is 1.21. The Morgan fingerprint density at radius 1 is 1.03 bits per heavy atom. The SMILES string of the molecule is COC(=O)c1ccccc1C(=O)OCC(=O)Nc1cccc(N2CCCC2=O)c1. The Labute approximate surface area is 167 Å². The van der Waals surface area contributed by atoms with Gasteiger partial charge in [-0.15, -0.1) is 0 Å². The van der Waals surface area contributed by atoms with E-state index in [9.17, 15) is 19.2 Å². The number of nitrogens with zero attached hydrogens (tertiary/aromatic N) is 1. The zero-order valence-corrected chi connectivity index (χ0v) is 15.8. The van der Waals surface area contributed by atoms with Gasteiger partial charge in [0.2, 0.25) is 5.91 Å². The topological polar surface area (TPSA) is 102 Å². The lowest BCUT2D eigenvalue weighted by Gasteiger charge is -2.16. The van der Waals surface area contributed by atoms with Crippen LogP contribution in [-0.2, 0) is 19.1 Å². The van der Waals surface area contributed by atoms with Crippen molar-refractivity contribution in [2.24, 2.45) is 0 Å². The third-order valence-corrected chi connectivity index (χ3v) is 4.40. The van der Waals surface area contributed by atoms with E-state index < -0.39 is 24.5 Å². The standard InChI is InChI=1S/C21H20N2O6/c1-28-20(26)16-8-2-3-9-17(16)21(27)29-13-18(24)22-14-6-4-7-15(12-14)23-11-5-10-19(23)25/h2-4,6-9,12H,5,10-11,13H2,1H3,(H,22,24). The molecule has 1 N–H and O–H groups in total. The van der Waals surface area contributed by atoms with Crippen molar-refractivity contribution in [2.75, 3.05) is 30.5 Å². The van der Waals surface area contributed by atoms with Crippen molar-refractivity contribution in [3.63, 3.8) is 0 Å². The zero-order chi connectivity index (χ0) is 20.8. The van der Waals surface area contributed by atoms with Crippen LogP contribution in [0.1, 0.15) is 33.6 Å². The minimum Gasteiger partial charge on any atom is -0.465 e. The third-order valence-electron chi connectivity index (χ3n) is 4.40. The fraction of sp³-hybridized carbons (Fsp3) is 0.238. The van der Waals surface area contributed by atoms with E-state index >= 15 is 0 Å². The van der Waals surface area contributed by atoms with Crippen molar-refractivity contribution in [2.45, 2.75) is 12.8 Å². The van der Waals surface area contributed by atoms with Crippen molar-refractivity contribution < 1.29 is 28.7 Å². The molecule has 0 radical (unpaired) electrons. The summed E-state index contributed by atoms with van der Waals surface area (Å²) >= 11 is 0. The number of esters is 2. The number of benzene rings is 2. The number of carbonyl (C=O) groups excluding carboxylic acids is 4. The quantitative estimate of drug-likeness (QED) is 0.753. The lowest BCUT2D eigenvalue weighted by Crippen LogP contribution is -2.24. The predicted molar refractivity (Wildman–Crippen MR) is 105 cm³/mol. The summed E-state index contributed by atoms with van der Waals surface area (Å²) in [6.07, 6.45) is 1.32. The summed E-state index contributed by atoms with van der Waals surface area (Å²) in [6, 6.07) is 12.9. The number of hydrogen-bond acceptors (Lipinski definition) is 6. The molecule has 0 saturated carbocycles. The van der Waals surface area contributed by atoms with Crippen LogP contribution < -0.4 is 10.2 Å². The van der Waals surface area contributed by atoms with Crippen molar-refractivity contribution in [3.05, 3.63) is 59.7 Å². The van der Waals surface area contributed by atoms with Gasteiger partial charge >= 0.3 is 11.9 Å². The van der Waals surface area contributed by atoms with Crippen LogP contribution in [-0.4, -0.2) is 44.0 Å². The van der Waals surface area contributed by atoms with Crippen LogP contribution in [0.15, 0.2) is 48.5 Å². The largest absolute Gasteiger partial charge is 0.465 e. The van der Waals surface area contributed by atoms with Gasteiger partial charge < -0.3 is 19.7 Å². The third kappa shape index (κ3) is 4.78. The van der Waals surface area contributed by atoms with E-state index in [1.165, 1.54) is 19.2 Å². The molecule has 1 heterocycles. The second kappa shape index (κ2) is 9.01. The summed E-state index contributed by atoms with van der Waals surface area (Å²) < 4.78 is 9.66. The number of carbonyl (C=O) groups is 4. The van der Waals surface area contributed by atoms with Crippen LogP contribution in [0.25, 0.3) is 0 Å². The van der Waals surface area contributed by atoms with Gasteiger partial charge in [0, 0.05) is 24.3 Å². The van der Waals surface area contributed by atoms with E-state index in [2.05, 4.69) is 10.1 Å². The Hall–Kier alpha value is -3.68. The van der Waals surface area contributed by atoms with E-state index in [-0.39, 0.29) is 17.0 Å². The van der Waals surface area contributed by atoms with Gasteiger partial charge in [0.05, 0.1) is 18.2 Å². The molecule has 29 heavy (non-hydrogen) atoms. The van der Waals surface area contributed by atoms with Crippen molar-refractivity contribution >= 4 is 35.1 Å². The highest BCUT2D eigenvalue weighted by molar-refractivity contribution is 6.04. The summed E-state index contributed by atoms with van der Waals surface area (Å²) in [4.78, 5) is 49.7. The molecule has 0 aliphatic carbocycles. The Kier molecular flexibility index (Phi) is 6.23. The average molecular weight is 396 g/mol. The van der Waals surface area contributed by atoms with Crippen LogP contribution in [0.3, 0.4) is 0 Å². The maximum atomic E-state index is 12.3. The Bertz CT molecular complexity index is 956. The molecule has 0 atom stereocenters. The molecule has 1 fully saturated rings.